The van der Waals surface area contributed by atoms with E-state index in [2.05, 4.69) is 47.4 Å². The molecule has 5 nitrogen and oxygen atoms in total. The molecule has 4 rings (SSSR count). The highest BCUT2D eigenvalue weighted by atomic mass is 16.5. The number of carbonyl (C=O) groups is 1. The number of rotatable bonds is 7. The first-order chi connectivity index (χ1) is 15.6. The van der Waals surface area contributed by atoms with Gasteiger partial charge in [-0.25, -0.2) is 0 Å². The molecule has 32 heavy (non-hydrogen) atoms. The Morgan fingerprint density at radius 1 is 0.938 bits per heavy atom. The molecule has 2 aliphatic rings. The fraction of sp³-hybridized carbons (Fsp3) is 0.519. The van der Waals surface area contributed by atoms with Crippen LogP contribution < -0.4 is 9.47 Å². The molecule has 0 saturated carbocycles. The van der Waals surface area contributed by atoms with E-state index in [4.69, 9.17) is 9.47 Å². The normalized spacial score (nSPS) is 17.5. The lowest BCUT2D eigenvalue weighted by atomic mass is 9.89. The third-order valence-electron chi connectivity index (χ3n) is 6.99. The summed E-state index contributed by atoms with van der Waals surface area (Å²) < 4.78 is 11.3. The van der Waals surface area contributed by atoms with Gasteiger partial charge < -0.3 is 19.3 Å². The molecule has 0 unspecified atom stereocenters. The van der Waals surface area contributed by atoms with E-state index in [0.717, 1.165) is 70.1 Å². The monoisotopic (exact) mass is 436 g/mol. The highest BCUT2D eigenvalue weighted by molar-refractivity contribution is 5.73. The predicted molar refractivity (Wildman–Crippen MR) is 128 cm³/mol. The summed E-state index contributed by atoms with van der Waals surface area (Å²) in [5.74, 6) is 2.71. The smallest absolute Gasteiger partial charge is 0.219 e. The minimum Gasteiger partial charge on any atom is -0.497 e. The van der Waals surface area contributed by atoms with Crippen LogP contribution in [-0.4, -0.2) is 62.1 Å². The van der Waals surface area contributed by atoms with Gasteiger partial charge in [-0.2, -0.15) is 0 Å². The summed E-state index contributed by atoms with van der Waals surface area (Å²) in [6.07, 6.45) is 5.32. The Labute approximate surface area is 192 Å². The number of ether oxygens (including phenoxy) is 2. The number of fused-ring (bicyclic) bond motifs is 1. The van der Waals surface area contributed by atoms with Gasteiger partial charge in [0, 0.05) is 26.6 Å². The minimum absolute atomic E-state index is 0.169. The van der Waals surface area contributed by atoms with E-state index < -0.39 is 0 Å². The van der Waals surface area contributed by atoms with Crippen LogP contribution in [0.15, 0.2) is 42.5 Å². The fourth-order valence-electron chi connectivity index (χ4n) is 4.95. The molecule has 0 bridgehead atoms. The molecule has 1 amide bonds. The number of nitrogens with zero attached hydrogens (tertiary/aromatic N) is 2. The molecule has 2 aromatic rings. The van der Waals surface area contributed by atoms with Crippen molar-refractivity contribution in [3.63, 3.8) is 0 Å². The van der Waals surface area contributed by atoms with E-state index >= 15 is 0 Å². The molecule has 1 fully saturated rings. The molecule has 0 aromatic heterocycles. The number of hydrogen-bond acceptors (Lipinski definition) is 4. The molecule has 172 valence electrons. The predicted octanol–water partition coefficient (Wildman–Crippen LogP) is 4.29. The molecule has 0 aliphatic carbocycles. The Hall–Kier alpha value is -2.53. The van der Waals surface area contributed by atoms with Crippen molar-refractivity contribution in [1.82, 2.24) is 9.80 Å². The number of benzene rings is 2. The lowest BCUT2D eigenvalue weighted by Crippen LogP contribution is -2.34. The summed E-state index contributed by atoms with van der Waals surface area (Å²) in [6.45, 7) is 7.43. The number of piperidine rings is 1. The molecule has 0 atom stereocenters. The summed E-state index contributed by atoms with van der Waals surface area (Å²) in [7, 11) is 1.72. The summed E-state index contributed by atoms with van der Waals surface area (Å²) in [5, 5.41) is 0. The van der Waals surface area contributed by atoms with Crippen LogP contribution in [0.25, 0.3) is 0 Å². The molecule has 0 radical (unpaired) electrons. The van der Waals surface area contributed by atoms with Gasteiger partial charge in [0.25, 0.3) is 0 Å². The second-order valence-electron chi connectivity index (χ2n) is 9.03. The topological polar surface area (TPSA) is 42.0 Å². The van der Waals surface area contributed by atoms with E-state index in [0.29, 0.717) is 5.92 Å². The van der Waals surface area contributed by atoms with Gasteiger partial charge in [0.05, 0.1) is 13.7 Å². The summed E-state index contributed by atoms with van der Waals surface area (Å²) in [5.41, 5.74) is 4.11. The first-order valence-electron chi connectivity index (χ1n) is 12.0. The summed E-state index contributed by atoms with van der Waals surface area (Å²) in [4.78, 5) is 16.2. The Kier molecular flexibility index (Phi) is 7.69. The highest BCUT2D eigenvalue weighted by Gasteiger charge is 2.20. The van der Waals surface area contributed by atoms with Crippen LogP contribution in [-0.2, 0) is 17.6 Å². The molecule has 2 aliphatic heterocycles. The maximum Gasteiger partial charge on any atom is 0.219 e. The zero-order valence-corrected chi connectivity index (χ0v) is 19.5. The SMILES string of the molecule is COc1ccc(C2CCN(CCCOc3ccc4c(c3)CCN(C(C)=O)CC4)CC2)cc1. The number of amides is 1. The zero-order chi connectivity index (χ0) is 22.3. The third kappa shape index (κ3) is 5.83. The van der Waals surface area contributed by atoms with Crippen molar-refractivity contribution < 1.29 is 14.3 Å². The fourth-order valence-corrected chi connectivity index (χ4v) is 4.95. The maximum atomic E-state index is 11.7. The quantitative estimate of drug-likeness (QED) is 0.607. The van der Waals surface area contributed by atoms with Crippen molar-refractivity contribution >= 4 is 5.91 Å². The first-order valence-corrected chi connectivity index (χ1v) is 12.0. The molecular weight excluding hydrogens is 400 g/mol. The van der Waals surface area contributed by atoms with Crippen molar-refractivity contribution in [2.45, 2.75) is 44.9 Å². The van der Waals surface area contributed by atoms with Crippen molar-refractivity contribution in [2.75, 3.05) is 46.4 Å². The Morgan fingerprint density at radius 2 is 1.62 bits per heavy atom. The average molecular weight is 437 g/mol. The number of hydrogen-bond donors (Lipinski definition) is 0. The Bertz CT molecular complexity index is 888. The van der Waals surface area contributed by atoms with E-state index in [1.807, 2.05) is 4.90 Å². The molecule has 2 aromatic carbocycles. The van der Waals surface area contributed by atoms with Crippen LogP contribution in [0.2, 0.25) is 0 Å². The second kappa shape index (κ2) is 10.9. The van der Waals surface area contributed by atoms with Crippen molar-refractivity contribution in [3.05, 3.63) is 59.2 Å². The lowest BCUT2D eigenvalue weighted by Gasteiger charge is -2.32. The maximum absolute atomic E-state index is 11.7. The van der Waals surface area contributed by atoms with Crippen molar-refractivity contribution in [2.24, 2.45) is 0 Å². The molecule has 5 heteroatoms. The molecular formula is C27H36N2O3. The van der Waals surface area contributed by atoms with Crippen molar-refractivity contribution in [1.29, 1.82) is 0 Å². The average Bonchev–Trinajstić information content (AvgIpc) is 3.05. The van der Waals surface area contributed by atoms with Gasteiger partial charge in [0.15, 0.2) is 0 Å². The third-order valence-corrected chi connectivity index (χ3v) is 6.99. The molecule has 1 saturated heterocycles. The number of carbonyl (C=O) groups excluding carboxylic acids is 1. The molecule has 0 N–H and O–H groups in total. The van der Waals surface area contributed by atoms with E-state index in [1.54, 1.807) is 14.0 Å². The number of methoxy groups -OCH3 is 1. The standard InChI is InChI=1S/C27H36N2O3/c1-21(30)29-17-12-23-6-9-27(20-25(23)13-18-29)32-19-3-14-28-15-10-24(11-16-28)22-4-7-26(31-2)8-5-22/h4-9,20,24H,3,10-19H2,1-2H3. The van der Waals surface area contributed by atoms with E-state index in [1.165, 1.54) is 29.5 Å². The van der Waals surface area contributed by atoms with Crippen LogP contribution in [0.1, 0.15) is 48.8 Å². The van der Waals surface area contributed by atoms with Gasteiger partial charge in [-0.3, -0.25) is 4.79 Å². The summed E-state index contributed by atoms with van der Waals surface area (Å²) >= 11 is 0. The number of likely N-dealkylation sites (tertiary alicyclic amines) is 1. The highest BCUT2D eigenvalue weighted by Crippen LogP contribution is 2.29. The first kappa shape index (κ1) is 22.7. The Morgan fingerprint density at radius 3 is 2.31 bits per heavy atom. The zero-order valence-electron chi connectivity index (χ0n) is 19.5. The second-order valence-corrected chi connectivity index (χ2v) is 9.03. The summed E-state index contributed by atoms with van der Waals surface area (Å²) in [6, 6.07) is 15.0. The van der Waals surface area contributed by atoms with Gasteiger partial charge in [0.1, 0.15) is 11.5 Å². The van der Waals surface area contributed by atoms with Crippen molar-refractivity contribution in [3.8, 4) is 11.5 Å². The van der Waals surface area contributed by atoms with Gasteiger partial charge in [0.2, 0.25) is 5.91 Å². The van der Waals surface area contributed by atoms with Crippen LogP contribution >= 0.6 is 0 Å². The lowest BCUT2D eigenvalue weighted by molar-refractivity contribution is -0.128. The van der Waals surface area contributed by atoms with Gasteiger partial charge in [-0.15, -0.1) is 0 Å². The van der Waals surface area contributed by atoms with Crippen LogP contribution in [0.3, 0.4) is 0 Å². The molecule has 2 heterocycles. The van der Waals surface area contributed by atoms with Crippen LogP contribution in [0.4, 0.5) is 0 Å². The van der Waals surface area contributed by atoms with E-state index in [9.17, 15) is 4.79 Å². The largest absolute Gasteiger partial charge is 0.497 e. The van der Waals surface area contributed by atoms with Crippen LogP contribution in [0, 0.1) is 0 Å². The van der Waals surface area contributed by atoms with Gasteiger partial charge in [-0.05, 0) is 92.1 Å². The Balaban J connectivity index is 1.17. The minimum atomic E-state index is 0.169. The van der Waals surface area contributed by atoms with E-state index in [-0.39, 0.29) is 5.91 Å². The van der Waals surface area contributed by atoms with Crippen LogP contribution in [0.5, 0.6) is 11.5 Å². The van der Waals surface area contributed by atoms with Gasteiger partial charge >= 0.3 is 0 Å². The van der Waals surface area contributed by atoms with Gasteiger partial charge in [-0.1, -0.05) is 18.2 Å². The molecule has 0 spiro atoms.